The van der Waals surface area contributed by atoms with Crippen LogP contribution < -0.4 is 11.1 Å². The van der Waals surface area contributed by atoms with Crippen LogP contribution in [0.15, 0.2) is 24.3 Å². The first-order valence-electron chi connectivity index (χ1n) is 9.68. The summed E-state index contributed by atoms with van der Waals surface area (Å²) >= 11 is 0. The molecule has 12 nitrogen and oxygen atoms in total. The van der Waals surface area contributed by atoms with Crippen LogP contribution >= 0.6 is 0 Å². The molecule has 0 spiro atoms. The average molecular weight is 427 g/mol. The van der Waals surface area contributed by atoms with Gasteiger partial charge in [0.2, 0.25) is 0 Å². The molecule has 5 N–H and O–H groups in total. The molecular formula is C17H30FN9O3. The molecule has 0 atom stereocenters. The summed E-state index contributed by atoms with van der Waals surface area (Å²) in [5, 5.41) is 37.1. The highest BCUT2D eigenvalue weighted by Gasteiger charge is 2.13. The highest BCUT2D eigenvalue weighted by molar-refractivity contribution is 5.02. The fourth-order valence-electron chi connectivity index (χ4n) is 2.61. The van der Waals surface area contributed by atoms with Crippen molar-refractivity contribution < 1.29 is 19.3 Å². The van der Waals surface area contributed by atoms with Crippen molar-refractivity contribution in [1.82, 2.24) is 40.2 Å². The zero-order chi connectivity index (χ0) is 21.6. The Kier molecular flexibility index (Phi) is 10.7. The van der Waals surface area contributed by atoms with Crippen molar-refractivity contribution >= 4 is 0 Å². The molecule has 0 saturated heterocycles. The lowest BCUT2D eigenvalue weighted by Crippen LogP contribution is -2.29. The number of aliphatic hydroxyl groups is 2. The molecule has 0 unspecified atom stereocenters. The van der Waals surface area contributed by atoms with Crippen LogP contribution in [0.5, 0.6) is 0 Å². The first kappa shape index (κ1) is 23.7. The van der Waals surface area contributed by atoms with Crippen molar-refractivity contribution in [2.45, 2.75) is 32.8 Å². The number of nitrogens with one attached hydrogen (secondary N) is 1. The second kappa shape index (κ2) is 13.6. The van der Waals surface area contributed by atoms with E-state index < -0.39 is 6.67 Å². The number of aromatic nitrogens is 6. The maximum atomic E-state index is 12.1. The number of alkyl halides is 1. The van der Waals surface area contributed by atoms with Crippen LogP contribution in [-0.4, -0.2) is 84.7 Å². The zero-order valence-electron chi connectivity index (χ0n) is 16.9. The van der Waals surface area contributed by atoms with Crippen LogP contribution in [0.3, 0.4) is 0 Å². The molecule has 0 aliphatic carbocycles. The summed E-state index contributed by atoms with van der Waals surface area (Å²) < 4.78 is 20.6. The minimum Gasteiger partial charge on any atom is -0.400 e. The highest BCUT2D eigenvalue weighted by Crippen LogP contribution is 2.08. The Bertz CT molecular complexity index is 752. The molecule has 0 aliphatic rings. The summed E-state index contributed by atoms with van der Waals surface area (Å²) in [6.45, 7) is 2.22. The van der Waals surface area contributed by atoms with E-state index in [1.165, 1.54) is 0 Å². The predicted octanol–water partition coefficient (Wildman–Crippen LogP) is -1.42. The van der Waals surface area contributed by atoms with Crippen LogP contribution in [0, 0.1) is 0 Å². The monoisotopic (exact) mass is 427 g/mol. The summed E-state index contributed by atoms with van der Waals surface area (Å²) in [5.74, 6) is 0. The lowest BCUT2D eigenvalue weighted by molar-refractivity contribution is 0.0628. The van der Waals surface area contributed by atoms with Gasteiger partial charge in [-0.1, -0.05) is 10.4 Å². The van der Waals surface area contributed by atoms with E-state index in [4.69, 9.17) is 20.7 Å². The van der Waals surface area contributed by atoms with Gasteiger partial charge in [-0.05, 0) is 6.42 Å². The fraction of sp³-hybridized carbons (Fsp3) is 0.647. The lowest BCUT2D eigenvalue weighted by Gasteiger charge is -2.20. The standard InChI is InChI=1S/C17H30FN9O3/c18-2-1-7-30-14-27-13-17(22-24-27)11-25(9-15(19)8-20-3-5-28)10-16-12-26(4-6-29)23-21-16/h8,12-13,20,28-29H,1-7,9-11,14,19H2/b15-8-. The summed E-state index contributed by atoms with van der Waals surface area (Å²) in [4.78, 5) is 2.01. The average Bonchev–Trinajstić information content (AvgIpc) is 3.35. The number of nitrogens with two attached hydrogens (primary N) is 1. The quantitative estimate of drug-likeness (QED) is 0.235. The molecule has 0 radical (unpaired) electrons. The smallest absolute Gasteiger partial charge is 0.141 e. The number of hydrogen-bond acceptors (Lipinski definition) is 10. The van der Waals surface area contributed by atoms with E-state index in [0.717, 1.165) is 5.69 Å². The van der Waals surface area contributed by atoms with Crippen molar-refractivity contribution in [1.29, 1.82) is 0 Å². The third-order valence-corrected chi connectivity index (χ3v) is 3.87. The van der Waals surface area contributed by atoms with Gasteiger partial charge in [-0.15, -0.1) is 10.2 Å². The lowest BCUT2D eigenvalue weighted by atomic mass is 10.3. The number of aliphatic hydroxyl groups excluding tert-OH is 2. The topological polar surface area (TPSA) is 152 Å². The van der Waals surface area contributed by atoms with E-state index in [0.29, 0.717) is 57.1 Å². The molecular weight excluding hydrogens is 397 g/mol. The maximum absolute atomic E-state index is 12.1. The van der Waals surface area contributed by atoms with E-state index in [2.05, 4.69) is 25.9 Å². The molecule has 2 rings (SSSR count). The fourth-order valence-corrected chi connectivity index (χ4v) is 2.61. The largest absolute Gasteiger partial charge is 0.400 e. The van der Waals surface area contributed by atoms with Crippen LogP contribution in [0.4, 0.5) is 4.39 Å². The molecule has 30 heavy (non-hydrogen) atoms. The molecule has 2 aromatic rings. The number of rotatable bonds is 16. The first-order valence-corrected chi connectivity index (χ1v) is 9.68. The number of halogens is 1. The van der Waals surface area contributed by atoms with E-state index >= 15 is 0 Å². The molecule has 2 heterocycles. The maximum Gasteiger partial charge on any atom is 0.141 e. The van der Waals surface area contributed by atoms with Gasteiger partial charge in [0.05, 0.1) is 50.6 Å². The van der Waals surface area contributed by atoms with Gasteiger partial charge in [-0.25, -0.2) is 9.36 Å². The Balaban J connectivity index is 1.99. The van der Waals surface area contributed by atoms with Crippen LogP contribution in [0.1, 0.15) is 17.8 Å². The Hall–Kier alpha value is -2.61. The molecule has 168 valence electrons. The van der Waals surface area contributed by atoms with Crippen LogP contribution in [0.2, 0.25) is 0 Å². The number of hydrogen-bond donors (Lipinski definition) is 4. The third kappa shape index (κ3) is 8.82. The molecule has 2 aromatic heterocycles. The van der Waals surface area contributed by atoms with Gasteiger partial charge in [0.25, 0.3) is 0 Å². The third-order valence-electron chi connectivity index (χ3n) is 3.87. The summed E-state index contributed by atoms with van der Waals surface area (Å²) in [6.07, 6.45) is 5.53. The van der Waals surface area contributed by atoms with Crippen molar-refractivity contribution in [2.75, 3.05) is 39.6 Å². The Morgan fingerprint density at radius 1 is 1.17 bits per heavy atom. The van der Waals surface area contributed by atoms with E-state index in [9.17, 15) is 4.39 Å². The second-order valence-electron chi connectivity index (χ2n) is 6.57. The molecule has 0 aliphatic heterocycles. The van der Waals surface area contributed by atoms with Gasteiger partial charge in [-0.2, -0.15) is 0 Å². The zero-order valence-corrected chi connectivity index (χ0v) is 16.9. The van der Waals surface area contributed by atoms with Gasteiger partial charge < -0.3 is 26.0 Å². The van der Waals surface area contributed by atoms with Crippen molar-refractivity contribution in [2.24, 2.45) is 5.73 Å². The van der Waals surface area contributed by atoms with E-state index in [-0.39, 0.29) is 19.9 Å². The molecule has 13 heteroatoms. The minimum absolute atomic E-state index is 0.0119. The predicted molar refractivity (Wildman–Crippen MR) is 105 cm³/mol. The van der Waals surface area contributed by atoms with E-state index in [1.54, 1.807) is 28.0 Å². The number of ether oxygens (including phenoxy) is 1. The highest BCUT2D eigenvalue weighted by atomic mass is 19.1. The molecule has 0 saturated carbocycles. The van der Waals surface area contributed by atoms with Gasteiger partial charge in [0.1, 0.15) is 6.73 Å². The Morgan fingerprint density at radius 3 is 2.53 bits per heavy atom. The Morgan fingerprint density at radius 2 is 1.87 bits per heavy atom. The van der Waals surface area contributed by atoms with E-state index in [1.807, 2.05) is 4.90 Å². The van der Waals surface area contributed by atoms with Gasteiger partial charge >= 0.3 is 0 Å². The molecule has 0 fully saturated rings. The van der Waals surface area contributed by atoms with Crippen molar-refractivity contribution in [3.63, 3.8) is 0 Å². The van der Waals surface area contributed by atoms with Crippen molar-refractivity contribution in [3.05, 3.63) is 35.7 Å². The SMILES string of the molecule is N/C(=C\NCCO)CN(Cc1cn(CCO)nn1)Cc1cn(COCCCF)nn1. The first-order chi connectivity index (χ1) is 14.6. The summed E-state index contributed by atoms with van der Waals surface area (Å²) in [6, 6.07) is 0. The summed E-state index contributed by atoms with van der Waals surface area (Å²) in [5.41, 5.74) is 8.10. The van der Waals surface area contributed by atoms with Crippen LogP contribution in [0.25, 0.3) is 0 Å². The van der Waals surface area contributed by atoms with Crippen LogP contribution in [-0.2, 0) is 31.1 Å². The normalized spacial score (nSPS) is 12.1. The van der Waals surface area contributed by atoms with Crippen molar-refractivity contribution in [3.8, 4) is 0 Å². The van der Waals surface area contributed by atoms with Gasteiger partial charge in [0.15, 0.2) is 0 Å². The number of nitrogens with zero attached hydrogens (tertiary/aromatic N) is 7. The van der Waals surface area contributed by atoms with Gasteiger partial charge in [-0.3, -0.25) is 9.29 Å². The van der Waals surface area contributed by atoms with Gasteiger partial charge in [0, 0.05) is 44.3 Å². The molecule has 0 bridgehead atoms. The summed E-state index contributed by atoms with van der Waals surface area (Å²) in [7, 11) is 0. The second-order valence-corrected chi connectivity index (χ2v) is 6.57. The minimum atomic E-state index is -0.414. The Labute approximate surface area is 174 Å². The molecule has 0 amide bonds. The molecule has 0 aromatic carbocycles.